The molecule has 1 aliphatic rings. The minimum Gasteiger partial charge on any atom is -0.383 e. The van der Waals surface area contributed by atoms with Crippen LogP contribution in [-0.2, 0) is 9.47 Å². The van der Waals surface area contributed by atoms with Crippen LogP contribution in [0, 0.1) is 0 Å². The molecule has 0 aromatic carbocycles. The Balaban J connectivity index is 0.000000921. The normalized spacial score (nSPS) is 26.6. The van der Waals surface area contributed by atoms with E-state index in [1.165, 1.54) is 0 Å². The summed E-state index contributed by atoms with van der Waals surface area (Å²) in [6, 6.07) is 0.203. The molecule has 15 heavy (non-hydrogen) atoms. The van der Waals surface area contributed by atoms with Crippen molar-refractivity contribution >= 4 is 0 Å². The minimum atomic E-state index is -2.67. The van der Waals surface area contributed by atoms with Gasteiger partial charge in [0.15, 0.2) is 0 Å². The summed E-state index contributed by atoms with van der Waals surface area (Å²) in [5.41, 5.74) is 0. The monoisotopic (exact) mass is 225 g/mol. The standard InChI is InChI=1S/C8H15F2NO2.C2H6/c1-11-4-7(13-8(9)10)3-6(11)5-12-2;1-2/h6-8H,3-5H2,1-2H3;1-2H3/t6-,7+;/m0./s1. The molecule has 3 nitrogen and oxygen atoms in total. The molecule has 0 bridgehead atoms. The third-order valence-corrected chi connectivity index (χ3v) is 2.30. The fourth-order valence-electron chi connectivity index (χ4n) is 1.66. The molecule has 0 unspecified atom stereocenters. The van der Waals surface area contributed by atoms with Crippen LogP contribution in [0.3, 0.4) is 0 Å². The summed E-state index contributed by atoms with van der Waals surface area (Å²) in [7, 11) is 3.49. The first kappa shape index (κ1) is 14.7. The molecular formula is C10H21F2NO2. The van der Waals surface area contributed by atoms with E-state index in [-0.39, 0.29) is 12.1 Å². The predicted octanol–water partition coefficient (Wildman–Crippen LogP) is 1.97. The maximum atomic E-state index is 11.9. The van der Waals surface area contributed by atoms with Gasteiger partial charge >= 0.3 is 6.61 Å². The average molecular weight is 225 g/mol. The second-order valence-electron chi connectivity index (χ2n) is 3.30. The first-order valence-electron chi connectivity index (χ1n) is 5.26. The average Bonchev–Trinajstić information content (AvgIpc) is 2.50. The zero-order valence-electron chi connectivity index (χ0n) is 9.87. The summed E-state index contributed by atoms with van der Waals surface area (Å²) < 4.78 is 33.1. The smallest absolute Gasteiger partial charge is 0.345 e. The van der Waals surface area contributed by atoms with Gasteiger partial charge in [-0.25, -0.2) is 0 Å². The lowest BCUT2D eigenvalue weighted by molar-refractivity contribution is -0.158. The van der Waals surface area contributed by atoms with Gasteiger partial charge in [0, 0.05) is 19.7 Å². The van der Waals surface area contributed by atoms with Gasteiger partial charge in [-0.2, -0.15) is 8.78 Å². The van der Waals surface area contributed by atoms with Gasteiger partial charge in [0.05, 0.1) is 12.7 Å². The number of hydrogen-bond acceptors (Lipinski definition) is 3. The highest BCUT2D eigenvalue weighted by Crippen LogP contribution is 2.20. The molecule has 92 valence electrons. The van der Waals surface area contributed by atoms with E-state index in [1.54, 1.807) is 7.11 Å². The molecule has 0 aromatic rings. The molecule has 0 radical (unpaired) electrons. The van der Waals surface area contributed by atoms with Gasteiger partial charge in [0.1, 0.15) is 0 Å². The zero-order valence-corrected chi connectivity index (χ0v) is 9.87. The van der Waals surface area contributed by atoms with E-state index >= 15 is 0 Å². The third-order valence-electron chi connectivity index (χ3n) is 2.30. The van der Waals surface area contributed by atoms with Crippen LogP contribution in [0.5, 0.6) is 0 Å². The zero-order chi connectivity index (χ0) is 11.8. The Kier molecular flexibility index (Phi) is 7.82. The van der Waals surface area contributed by atoms with Crippen LogP contribution in [0.1, 0.15) is 20.3 Å². The third kappa shape index (κ3) is 5.39. The molecule has 2 atom stereocenters. The Bertz CT molecular complexity index is 158. The Labute approximate surface area is 90.3 Å². The van der Waals surface area contributed by atoms with E-state index in [4.69, 9.17) is 4.74 Å². The lowest BCUT2D eigenvalue weighted by Crippen LogP contribution is -2.29. The second-order valence-corrected chi connectivity index (χ2v) is 3.30. The van der Waals surface area contributed by atoms with Gasteiger partial charge < -0.3 is 9.47 Å². The molecule has 1 aliphatic heterocycles. The van der Waals surface area contributed by atoms with Crippen molar-refractivity contribution in [2.24, 2.45) is 0 Å². The maximum Gasteiger partial charge on any atom is 0.345 e. The highest BCUT2D eigenvalue weighted by atomic mass is 19.3. The summed E-state index contributed by atoms with van der Waals surface area (Å²) in [6.07, 6.45) is 0.263. The number of ether oxygens (including phenoxy) is 2. The fourth-order valence-corrected chi connectivity index (χ4v) is 1.66. The number of likely N-dealkylation sites (N-methyl/N-ethyl adjacent to an activating group) is 1. The minimum absolute atomic E-state index is 0.203. The Hall–Kier alpha value is -0.260. The van der Waals surface area contributed by atoms with Gasteiger partial charge in [-0.3, -0.25) is 4.90 Å². The molecule has 5 heteroatoms. The number of rotatable bonds is 4. The second kappa shape index (κ2) is 7.96. The van der Waals surface area contributed by atoms with Crippen molar-refractivity contribution in [1.82, 2.24) is 4.90 Å². The van der Waals surface area contributed by atoms with E-state index in [2.05, 4.69) is 4.74 Å². The molecule has 0 N–H and O–H groups in total. The molecule has 0 amide bonds. The molecular weight excluding hydrogens is 204 g/mol. The lowest BCUT2D eigenvalue weighted by atomic mass is 10.2. The highest BCUT2D eigenvalue weighted by Gasteiger charge is 2.31. The predicted molar refractivity (Wildman–Crippen MR) is 55.1 cm³/mol. The van der Waals surface area contributed by atoms with Crippen molar-refractivity contribution in [1.29, 1.82) is 0 Å². The van der Waals surface area contributed by atoms with Gasteiger partial charge in [0.2, 0.25) is 0 Å². The van der Waals surface area contributed by atoms with Crippen LogP contribution >= 0.6 is 0 Å². The molecule has 0 aliphatic carbocycles. The van der Waals surface area contributed by atoms with Crippen LogP contribution < -0.4 is 0 Å². The Morgan fingerprint density at radius 1 is 1.40 bits per heavy atom. The van der Waals surface area contributed by atoms with Gasteiger partial charge in [-0.15, -0.1) is 0 Å². The van der Waals surface area contributed by atoms with Crippen LogP contribution in [0.4, 0.5) is 8.78 Å². The molecule has 0 spiro atoms. The number of hydrogen-bond donors (Lipinski definition) is 0. The first-order valence-corrected chi connectivity index (χ1v) is 5.26. The van der Waals surface area contributed by atoms with Crippen LogP contribution in [0.2, 0.25) is 0 Å². The first-order chi connectivity index (χ1) is 7.13. The molecule has 1 saturated heterocycles. The number of nitrogens with zero attached hydrogens (tertiary/aromatic N) is 1. The fraction of sp³-hybridized carbons (Fsp3) is 1.00. The van der Waals surface area contributed by atoms with E-state index in [9.17, 15) is 8.78 Å². The van der Waals surface area contributed by atoms with Gasteiger partial charge in [-0.05, 0) is 13.5 Å². The summed E-state index contributed by atoms with van der Waals surface area (Å²) in [5, 5.41) is 0. The van der Waals surface area contributed by atoms with Gasteiger partial charge in [-0.1, -0.05) is 13.8 Å². The number of methoxy groups -OCH3 is 1. The topological polar surface area (TPSA) is 21.7 Å². The Morgan fingerprint density at radius 3 is 2.47 bits per heavy atom. The van der Waals surface area contributed by atoms with Crippen molar-refractivity contribution < 1.29 is 18.3 Å². The van der Waals surface area contributed by atoms with Crippen molar-refractivity contribution in [3.8, 4) is 0 Å². The van der Waals surface area contributed by atoms with E-state index in [0.29, 0.717) is 19.6 Å². The summed E-state index contributed by atoms with van der Waals surface area (Å²) in [4.78, 5) is 1.98. The van der Waals surface area contributed by atoms with Crippen molar-refractivity contribution in [2.45, 2.75) is 39.0 Å². The van der Waals surface area contributed by atoms with Crippen LogP contribution in [-0.4, -0.2) is 51.0 Å². The highest BCUT2D eigenvalue weighted by molar-refractivity contribution is 4.83. The van der Waals surface area contributed by atoms with E-state index in [0.717, 1.165) is 0 Å². The van der Waals surface area contributed by atoms with Crippen molar-refractivity contribution in [3.05, 3.63) is 0 Å². The van der Waals surface area contributed by atoms with Crippen LogP contribution in [0.25, 0.3) is 0 Å². The molecule has 0 saturated carbocycles. The lowest BCUT2D eigenvalue weighted by Gasteiger charge is -2.16. The van der Waals surface area contributed by atoms with E-state index in [1.807, 2.05) is 25.8 Å². The van der Waals surface area contributed by atoms with Crippen LogP contribution in [0.15, 0.2) is 0 Å². The summed E-state index contributed by atoms with van der Waals surface area (Å²) >= 11 is 0. The molecule has 1 heterocycles. The summed E-state index contributed by atoms with van der Waals surface area (Å²) in [6.45, 7) is 2.46. The maximum absolute atomic E-state index is 11.9. The molecule has 0 aromatic heterocycles. The largest absolute Gasteiger partial charge is 0.383 e. The van der Waals surface area contributed by atoms with Crippen molar-refractivity contribution in [3.63, 3.8) is 0 Å². The molecule has 1 fully saturated rings. The number of likely N-dealkylation sites (tertiary alicyclic amines) is 1. The molecule has 1 rings (SSSR count). The van der Waals surface area contributed by atoms with Crippen molar-refractivity contribution in [2.75, 3.05) is 27.3 Å². The number of halogens is 2. The quantitative estimate of drug-likeness (QED) is 0.730. The summed E-state index contributed by atoms with van der Waals surface area (Å²) in [5.74, 6) is 0. The Morgan fingerprint density at radius 2 is 2.00 bits per heavy atom. The SMILES string of the molecule is CC.COC[C@@H]1C[C@@H](OC(F)F)CN1C. The van der Waals surface area contributed by atoms with Gasteiger partial charge in [0.25, 0.3) is 0 Å². The van der Waals surface area contributed by atoms with E-state index < -0.39 is 6.61 Å². The number of alkyl halides is 2.